The number of hydrogen-bond donors (Lipinski definition) is 2. The standard InChI is InChI=1S/C17H22N2O4/c1-12(2)9-13(20)10-18-17(22)15-7-6-14(23-15)11-19-8-4-3-5-16(19)21/h3-8,12-13,20H,9-11H2,1-2H3,(H,18,22). The molecule has 23 heavy (non-hydrogen) atoms. The van der Waals surface area contributed by atoms with Crippen LogP contribution in [0.3, 0.4) is 0 Å². The predicted molar refractivity (Wildman–Crippen MR) is 86.3 cm³/mol. The lowest BCUT2D eigenvalue weighted by Gasteiger charge is -2.13. The summed E-state index contributed by atoms with van der Waals surface area (Å²) < 4.78 is 6.96. The van der Waals surface area contributed by atoms with Crippen molar-refractivity contribution in [3.05, 3.63) is 58.4 Å². The van der Waals surface area contributed by atoms with Crippen molar-refractivity contribution in [1.82, 2.24) is 9.88 Å². The van der Waals surface area contributed by atoms with Crippen LogP contribution in [0.4, 0.5) is 0 Å². The molecular formula is C17H22N2O4. The van der Waals surface area contributed by atoms with Gasteiger partial charge in [0, 0.05) is 18.8 Å². The summed E-state index contributed by atoms with van der Waals surface area (Å²) in [5.74, 6) is 0.674. The van der Waals surface area contributed by atoms with E-state index < -0.39 is 6.10 Å². The molecule has 2 heterocycles. The summed E-state index contributed by atoms with van der Waals surface area (Å²) in [6, 6.07) is 8.12. The quantitative estimate of drug-likeness (QED) is 0.812. The highest BCUT2D eigenvalue weighted by Gasteiger charge is 2.14. The molecule has 2 aromatic heterocycles. The molecule has 0 spiro atoms. The van der Waals surface area contributed by atoms with Gasteiger partial charge < -0.3 is 19.4 Å². The molecule has 6 nitrogen and oxygen atoms in total. The second-order valence-corrected chi connectivity index (χ2v) is 5.93. The van der Waals surface area contributed by atoms with Gasteiger partial charge in [0.2, 0.25) is 0 Å². The second-order valence-electron chi connectivity index (χ2n) is 5.93. The van der Waals surface area contributed by atoms with Gasteiger partial charge in [-0.05, 0) is 30.5 Å². The highest BCUT2D eigenvalue weighted by atomic mass is 16.4. The van der Waals surface area contributed by atoms with Crippen LogP contribution in [0, 0.1) is 5.92 Å². The van der Waals surface area contributed by atoms with E-state index in [0.717, 1.165) is 0 Å². The molecule has 2 N–H and O–H groups in total. The molecule has 124 valence electrons. The topological polar surface area (TPSA) is 84.5 Å². The first kappa shape index (κ1) is 17.0. The van der Waals surface area contributed by atoms with Crippen molar-refractivity contribution in [2.24, 2.45) is 5.92 Å². The molecule has 1 amide bonds. The zero-order chi connectivity index (χ0) is 16.8. The van der Waals surface area contributed by atoms with Crippen molar-refractivity contribution >= 4 is 5.91 Å². The highest BCUT2D eigenvalue weighted by Crippen LogP contribution is 2.09. The van der Waals surface area contributed by atoms with Gasteiger partial charge in [-0.3, -0.25) is 9.59 Å². The van der Waals surface area contributed by atoms with E-state index in [9.17, 15) is 14.7 Å². The average molecular weight is 318 g/mol. The lowest BCUT2D eigenvalue weighted by molar-refractivity contribution is 0.0872. The normalized spacial score (nSPS) is 12.3. The number of furan rings is 1. The number of nitrogens with zero attached hydrogens (tertiary/aromatic N) is 1. The first-order valence-electron chi connectivity index (χ1n) is 7.66. The van der Waals surface area contributed by atoms with E-state index in [1.807, 2.05) is 13.8 Å². The Balaban J connectivity index is 1.92. The Morgan fingerprint density at radius 3 is 2.78 bits per heavy atom. The fraction of sp³-hybridized carbons (Fsp3) is 0.412. The molecule has 0 bridgehead atoms. The molecule has 0 aliphatic heterocycles. The lowest BCUT2D eigenvalue weighted by Crippen LogP contribution is -2.32. The molecule has 2 aromatic rings. The van der Waals surface area contributed by atoms with E-state index in [-0.39, 0.29) is 30.3 Å². The van der Waals surface area contributed by atoms with Crippen LogP contribution < -0.4 is 10.9 Å². The summed E-state index contributed by atoms with van der Waals surface area (Å²) in [6.07, 6.45) is 1.71. The number of nitrogens with one attached hydrogen (secondary N) is 1. The van der Waals surface area contributed by atoms with E-state index in [0.29, 0.717) is 18.1 Å². The van der Waals surface area contributed by atoms with Gasteiger partial charge in [0.1, 0.15) is 5.76 Å². The number of aliphatic hydroxyl groups is 1. The van der Waals surface area contributed by atoms with Crippen LogP contribution in [0.15, 0.2) is 45.7 Å². The highest BCUT2D eigenvalue weighted by molar-refractivity contribution is 5.91. The number of carbonyl (C=O) groups excluding carboxylic acids is 1. The zero-order valence-electron chi connectivity index (χ0n) is 13.4. The maximum Gasteiger partial charge on any atom is 0.287 e. The SMILES string of the molecule is CC(C)CC(O)CNC(=O)c1ccc(Cn2ccccc2=O)o1. The summed E-state index contributed by atoms with van der Waals surface area (Å²) in [5, 5.41) is 12.4. The Kier molecular flexibility index (Phi) is 5.76. The number of aromatic nitrogens is 1. The molecule has 1 atom stereocenters. The van der Waals surface area contributed by atoms with Gasteiger partial charge in [-0.15, -0.1) is 0 Å². The van der Waals surface area contributed by atoms with E-state index in [4.69, 9.17) is 4.42 Å². The van der Waals surface area contributed by atoms with Crippen LogP contribution in [0.5, 0.6) is 0 Å². The number of pyridine rings is 1. The molecule has 0 aromatic carbocycles. The van der Waals surface area contributed by atoms with E-state index in [2.05, 4.69) is 5.32 Å². The van der Waals surface area contributed by atoms with E-state index in [1.165, 1.54) is 10.6 Å². The van der Waals surface area contributed by atoms with Gasteiger partial charge in [0.05, 0.1) is 12.6 Å². The molecule has 1 unspecified atom stereocenters. The Labute approximate surface area is 134 Å². The summed E-state index contributed by atoms with van der Waals surface area (Å²) in [5.41, 5.74) is -0.133. The smallest absolute Gasteiger partial charge is 0.287 e. The van der Waals surface area contributed by atoms with Gasteiger partial charge >= 0.3 is 0 Å². The van der Waals surface area contributed by atoms with Crippen LogP contribution in [0.25, 0.3) is 0 Å². The molecule has 0 radical (unpaired) electrons. The molecule has 0 saturated heterocycles. The molecular weight excluding hydrogens is 296 g/mol. The number of amides is 1. The van der Waals surface area contributed by atoms with Crippen LogP contribution in [0.1, 0.15) is 36.6 Å². The molecule has 6 heteroatoms. The van der Waals surface area contributed by atoms with Gasteiger partial charge in [-0.1, -0.05) is 19.9 Å². The summed E-state index contributed by atoms with van der Waals surface area (Å²) in [6.45, 7) is 4.47. The Morgan fingerprint density at radius 2 is 2.09 bits per heavy atom. The van der Waals surface area contributed by atoms with Crippen molar-refractivity contribution in [2.45, 2.75) is 32.9 Å². The Hall–Kier alpha value is -2.34. The van der Waals surface area contributed by atoms with Crippen molar-refractivity contribution in [2.75, 3.05) is 6.54 Å². The van der Waals surface area contributed by atoms with Crippen molar-refractivity contribution in [3.8, 4) is 0 Å². The fourth-order valence-corrected chi connectivity index (χ4v) is 2.27. The zero-order valence-corrected chi connectivity index (χ0v) is 13.4. The number of rotatable bonds is 7. The first-order chi connectivity index (χ1) is 11.0. The number of aliphatic hydroxyl groups excluding tert-OH is 1. The molecule has 2 rings (SSSR count). The van der Waals surface area contributed by atoms with Crippen LogP contribution in [-0.4, -0.2) is 28.2 Å². The minimum Gasteiger partial charge on any atom is -0.454 e. The minimum absolute atomic E-state index is 0.133. The molecule has 0 fully saturated rings. The summed E-state index contributed by atoms with van der Waals surface area (Å²) in [7, 11) is 0. The Bertz CT molecular complexity index is 702. The van der Waals surface area contributed by atoms with Crippen LogP contribution in [-0.2, 0) is 6.54 Å². The molecule has 0 saturated carbocycles. The van der Waals surface area contributed by atoms with Gasteiger partial charge in [-0.25, -0.2) is 0 Å². The lowest BCUT2D eigenvalue weighted by atomic mass is 10.1. The van der Waals surface area contributed by atoms with Crippen LogP contribution >= 0.6 is 0 Å². The third kappa shape index (κ3) is 5.10. The maximum absolute atomic E-state index is 12.0. The first-order valence-corrected chi connectivity index (χ1v) is 7.66. The largest absolute Gasteiger partial charge is 0.454 e. The van der Waals surface area contributed by atoms with Crippen LogP contribution in [0.2, 0.25) is 0 Å². The molecule has 0 aliphatic carbocycles. The maximum atomic E-state index is 12.0. The van der Waals surface area contributed by atoms with Crippen molar-refractivity contribution in [3.63, 3.8) is 0 Å². The van der Waals surface area contributed by atoms with Gasteiger partial charge in [0.15, 0.2) is 5.76 Å². The summed E-state index contributed by atoms with van der Waals surface area (Å²) >= 11 is 0. The Morgan fingerprint density at radius 1 is 1.30 bits per heavy atom. The third-order valence-corrected chi connectivity index (χ3v) is 3.35. The summed E-state index contributed by atoms with van der Waals surface area (Å²) in [4.78, 5) is 23.6. The van der Waals surface area contributed by atoms with E-state index in [1.54, 1.807) is 30.5 Å². The number of hydrogen-bond acceptors (Lipinski definition) is 4. The fourth-order valence-electron chi connectivity index (χ4n) is 2.27. The van der Waals surface area contributed by atoms with E-state index >= 15 is 0 Å². The average Bonchev–Trinajstić information content (AvgIpc) is 2.95. The minimum atomic E-state index is -0.573. The second kappa shape index (κ2) is 7.78. The predicted octanol–water partition coefficient (Wildman–Crippen LogP) is 1.63. The number of carbonyl (C=O) groups is 1. The van der Waals surface area contributed by atoms with Gasteiger partial charge in [-0.2, -0.15) is 0 Å². The third-order valence-electron chi connectivity index (χ3n) is 3.35. The van der Waals surface area contributed by atoms with Crippen molar-refractivity contribution in [1.29, 1.82) is 0 Å². The van der Waals surface area contributed by atoms with Gasteiger partial charge in [0.25, 0.3) is 11.5 Å². The molecule has 0 aliphatic rings. The monoisotopic (exact) mass is 318 g/mol. The van der Waals surface area contributed by atoms with Crippen molar-refractivity contribution < 1.29 is 14.3 Å².